The molecule has 4 rings (SSSR count). The maximum Gasteiger partial charge on any atom is 0.405 e. The van der Waals surface area contributed by atoms with Crippen LogP contribution in [0.1, 0.15) is 45.4 Å². The molecule has 178 valence electrons. The van der Waals surface area contributed by atoms with Gasteiger partial charge in [0.25, 0.3) is 5.91 Å². The van der Waals surface area contributed by atoms with E-state index in [9.17, 15) is 18.0 Å². The van der Waals surface area contributed by atoms with Crippen molar-refractivity contribution in [2.75, 3.05) is 17.2 Å². The van der Waals surface area contributed by atoms with Crippen molar-refractivity contribution in [1.82, 2.24) is 20.3 Å². The Bertz CT molecular complexity index is 1040. The number of hydrogen-bond acceptors (Lipinski definition) is 5. The zero-order valence-corrected chi connectivity index (χ0v) is 18.5. The van der Waals surface area contributed by atoms with Crippen molar-refractivity contribution in [3.63, 3.8) is 0 Å². The molecule has 2 aliphatic carbocycles. The number of carbonyl (C=O) groups is 1. The standard InChI is InChI=1S/C23H29F3N6O/c1-14(15-5-3-2-4-6-15)29-21(33)16-7-9-17(10-8-16)30-22-31-19-18(11-12-27-19)20(32-22)28-13-23(24,25)26/h7-9,11-12,14-15,17H,2-6,10,13H2,1H3,(H,29,33)(H3,27,28,30,31,32)/t14-,17?/m0/s1. The van der Waals surface area contributed by atoms with E-state index in [0.29, 0.717) is 28.9 Å². The second kappa shape index (κ2) is 9.84. The highest BCUT2D eigenvalue weighted by atomic mass is 19.4. The third kappa shape index (κ3) is 6.06. The summed E-state index contributed by atoms with van der Waals surface area (Å²) in [7, 11) is 0. The predicted octanol–water partition coefficient (Wildman–Crippen LogP) is 4.68. The number of nitrogens with zero attached hydrogens (tertiary/aromatic N) is 2. The van der Waals surface area contributed by atoms with Crippen molar-refractivity contribution in [2.24, 2.45) is 5.92 Å². The molecule has 7 nitrogen and oxygen atoms in total. The lowest BCUT2D eigenvalue weighted by Crippen LogP contribution is -2.39. The number of hydrogen-bond donors (Lipinski definition) is 4. The van der Waals surface area contributed by atoms with Gasteiger partial charge in [-0.05, 0) is 38.2 Å². The highest BCUT2D eigenvalue weighted by Crippen LogP contribution is 2.27. The summed E-state index contributed by atoms with van der Waals surface area (Å²) in [4.78, 5) is 24.1. The van der Waals surface area contributed by atoms with Gasteiger partial charge in [-0.3, -0.25) is 4.79 Å². The summed E-state index contributed by atoms with van der Waals surface area (Å²) in [5.74, 6) is 0.764. The third-order valence-corrected chi connectivity index (χ3v) is 6.26. The monoisotopic (exact) mass is 462 g/mol. The van der Waals surface area contributed by atoms with Crippen molar-refractivity contribution >= 4 is 28.7 Å². The summed E-state index contributed by atoms with van der Waals surface area (Å²) in [5, 5.41) is 9.07. The Kier molecular flexibility index (Phi) is 6.90. The normalized spacial score (nSPS) is 20.4. The van der Waals surface area contributed by atoms with Crippen LogP contribution in [-0.4, -0.2) is 45.7 Å². The van der Waals surface area contributed by atoms with Crippen LogP contribution in [0.3, 0.4) is 0 Å². The molecule has 1 saturated carbocycles. The molecule has 1 fully saturated rings. The summed E-state index contributed by atoms with van der Waals surface area (Å²) >= 11 is 0. The summed E-state index contributed by atoms with van der Waals surface area (Å²) < 4.78 is 37.9. The van der Waals surface area contributed by atoms with Crippen LogP contribution in [0.5, 0.6) is 0 Å². The van der Waals surface area contributed by atoms with Gasteiger partial charge in [-0.1, -0.05) is 37.5 Å². The molecule has 0 spiro atoms. The van der Waals surface area contributed by atoms with E-state index in [2.05, 4.69) is 37.8 Å². The first-order valence-electron chi connectivity index (χ1n) is 11.4. The average Bonchev–Trinajstić information content (AvgIpc) is 3.27. The number of H-pyrrole nitrogens is 1. The number of nitrogens with one attached hydrogen (secondary N) is 4. The highest BCUT2D eigenvalue weighted by Gasteiger charge is 2.28. The SMILES string of the molecule is C[C@H](NC(=O)C1=CCC(Nc2nc(NCC(F)(F)F)c3cc[nH]c3n2)C=C1)C1CCCCC1. The number of alkyl halides is 3. The molecule has 10 heteroatoms. The smallest absolute Gasteiger partial charge is 0.360 e. The van der Waals surface area contributed by atoms with E-state index >= 15 is 0 Å². The van der Waals surface area contributed by atoms with Crippen molar-refractivity contribution in [3.8, 4) is 0 Å². The number of rotatable bonds is 7. The van der Waals surface area contributed by atoms with E-state index in [0.717, 1.165) is 12.8 Å². The van der Waals surface area contributed by atoms with E-state index < -0.39 is 12.7 Å². The van der Waals surface area contributed by atoms with E-state index in [1.807, 2.05) is 12.2 Å². The number of aromatic nitrogens is 3. The van der Waals surface area contributed by atoms with E-state index in [1.54, 1.807) is 18.3 Å². The molecular formula is C23H29F3N6O. The minimum absolute atomic E-state index is 0.0783. The van der Waals surface area contributed by atoms with Gasteiger partial charge in [0.15, 0.2) is 0 Å². The summed E-state index contributed by atoms with van der Waals surface area (Å²) in [6.45, 7) is 0.886. The number of halogens is 3. The van der Waals surface area contributed by atoms with E-state index in [-0.39, 0.29) is 29.8 Å². The van der Waals surface area contributed by atoms with Crippen LogP contribution in [0, 0.1) is 5.92 Å². The zero-order chi connectivity index (χ0) is 23.4. The van der Waals surface area contributed by atoms with Crippen molar-refractivity contribution < 1.29 is 18.0 Å². The Morgan fingerprint density at radius 2 is 2.03 bits per heavy atom. The number of anilines is 2. The molecule has 33 heavy (non-hydrogen) atoms. The van der Waals surface area contributed by atoms with Crippen molar-refractivity contribution in [3.05, 3.63) is 36.1 Å². The molecular weight excluding hydrogens is 433 g/mol. The Morgan fingerprint density at radius 3 is 2.73 bits per heavy atom. The Hall–Kier alpha value is -3.04. The molecule has 2 aliphatic rings. The molecule has 1 amide bonds. The van der Waals surface area contributed by atoms with Crippen LogP contribution in [0.2, 0.25) is 0 Å². The van der Waals surface area contributed by atoms with Crippen LogP contribution in [0.25, 0.3) is 11.0 Å². The third-order valence-electron chi connectivity index (χ3n) is 6.26. The average molecular weight is 463 g/mol. The fourth-order valence-electron chi connectivity index (χ4n) is 4.43. The summed E-state index contributed by atoms with van der Waals surface area (Å²) in [6.07, 6.45) is 9.31. The zero-order valence-electron chi connectivity index (χ0n) is 18.5. The van der Waals surface area contributed by atoms with Crippen LogP contribution in [0.4, 0.5) is 24.9 Å². The molecule has 0 aliphatic heterocycles. The summed E-state index contributed by atoms with van der Waals surface area (Å²) in [6, 6.07) is 1.59. The molecule has 1 unspecified atom stereocenters. The van der Waals surface area contributed by atoms with Gasteiger partial charge < -0.3 is 20.9 Å². The quantitative estimate of drug-likeness (QED) is 0.479. The van der Waals surface area contributed by atoms with E-state index in [4.69, 9.17) is 0 Å². The van der Waals surface area contributed by atoms with Gasteiger partial charge in [-0.15, -0.1) is 0 Å². The number of fused-ring (bicyclic) bond motifs is 1. The Morgan fingerprint density at radius 1 is 1.24 bits per heavy atom. The summed E-state index contributed by atoms with van der Waals surface area (Å²) in [5.41, 5.74) is 1.05. The van der Waals surface area contributed by atoms with Crippen LogP contribution in [0.15, 0.2) is 36.1 Å². The Labute approximate surface area is 190 Å². The topological polar surface area (TPSA) is 94.7 Å². The molecule has 0 saturated heterocycles. The van der Waals surface area contributed by atoms with E-state index in [1.165, 1.54) is 19.3 Å². The lowest BCUT2D eigenvalue weighted by atomic mass is 9.84. The number of carbonyl (C=O) groups excluding carboxylic acids is 1. The largest absolute Gasteiger partial charge is 0.405 e. The first-order valence-corrected chi connectivity index (χ1v) is 11.4. The molecule has 0 aromatic carbocycles. The lowest BCUT2D eigenvalue weighted by Gasteiger charge is -2.28. The predicted molar refractivity (Wildman–Crippen MR) is 122 cm³/mol. The molecule has 2 aromatic heterocycles. The maximum atomic E-state index is 12.7. The first-order chi connectivity index (χ1) is 15.8. The van der Waals surface area contributed by atoms with Crippen LogP contribution in [-0.2, 0) is 4.79 Å². The van der Waals surface area contributed by atoms with Gasteiger partial charge in [0.2, 0.25) is 5.95 Å². The Balaban J connectivity index is 1.36. The van der Waals surface area contributed by atoms with Gasteiger partial charge >= 0.3 is 6.18 Å². The molecule has 2 atom stereocenters. The van der Waals surface area contributed by atoms with Gasteiger partial charge in [0.05, 0.1) is 11.4 Å². The molecule has 2 aromatic rings. The fourth-order valence-corrected chi connectivity index (χ4v) is 4.43. The number of amides is 1. The minimum atomic E-state index is -4.36. The molecule has 2 heterocycles. The highest BCUT2D eigenvalue weighted by molar-refractivity contribution is 5.96. The van der Waals surface area contributed by atoms with Gasteiger partial charge in [0, 0.05) is 17.8 Å². The molecule has 4 N–H and O–H groups in total. The fraction of sp³-hybridized carbons (Fsp3) is 0.522. The molecule has 0 radical (unpaired) electrons. The molecule has 0 bridgehead atoms. The second-order valence-electron chi connectivity index (χ2n) is 8.77. The number of aromatic amines is 1. The maximum absolute atomic E-state index is 12.7. The van der Waals surface area contributed by atoms with Crippen LogP contribution < -0.4 is 16.0 Å². The van der Waals surface area contributed by atoms with Crippen LogP contribution >= 0.6 is 0 Å². The van der Waals surface area contributed by atoms with Gasteiger partial charge in [-0.2, -0.15) is 23.1 Å². The van der Waals surface area contributed by atoms with Gasteiger partial charge in [-0.25, -0.2) is 0 Å². The van der Waals surface area contributed by atoms with Crippen molar-refractivity contribution in [1.29, 1.82) is 0 Å². The van der Waals surface area contributed by atoms with Gasteiger partial charge in [0.1, 0.15) is 18.0 Å². The lowest BCUT2D eigenvalue weighted by molar-refractivity contribution is -0.118. The first kappa shape index (κ1) is 23.1. The van der Waals surface area contributed by atoms with Crippen molar-refractivity contribution in [2.45, 2.75) is 63.7 Å². The second-order valence-corrected chi connectivity index (χ2v) is 8.77. The minimum Gasteiger partial charge on any atom is -0.360 e.